The van der Waals surface area contributed by atoms with Gasteiger partial charge < -0.3 is 14.8 Å². The van der Waals surface area contributed by atoms with Crippen LogP contribution >= 0.6 is 0 Å². The average molecular weight is 375 g/mol. The largest absolute Gasteiger partial charge is 0.490 e. The molecule has 1 N–H and O–H groups in total. The lowest BCUT2D eigenvalue weighted by atomic mass is 10.1. The van der Waals surface area contributed by atoms with Gasteiger partial charge in [-0.2, -0.15) is 0 Å². The Kier molecular flexibility index (Phi) is 5.91. The molecule has 0 heterocycles. The molecule has 2 aromatic rings. The summed E-state index contributed by atoms with van der Waals surface area (Å²) in [6, 6.07) is 7.00. The minimum absolute atomic E-state index is 0.00371. The molecule has 0 atom stereocenters. The third-order valence-electron chi connectivity index (χ3n) is 3.67. The van der Waals surface area contributed by atoms with E-state index in [0.29, 0.717) is 16.8 Å². The van der Waals surface area contributed by atoms with E-state index < -0.39 is 22.4 Å². The number of amides is 1. The number of aryl methyl sites for hydroxylation is 2. The number of benzene rings is 2. The molecule has 0 aromatic heterocycles. The lowest BCUT2D eigenvalue weighted by molar-refractivity contribution is -0.386. The number of methoxy groups -OCH3 is 1. The maximum absolute atomic E-state index is 12.1. The summed E-state index contributed by atoms with van der Waals surface area (Å²) in [7, 11) is 1.28. The maximum Gasteiger partial charge on any atom is 0.311 e. The maximum atomic E-state index is 12.1. The van der Waals surface area contributed by atoms with Gasteiger partial charge in [-0.3, -0.25) is 25.0 Å². The molecule has 2 aromatic carbocycles. The molecular weight excluding hydrogens is 358 g/mol. The second kappa shape index (κ2) is 8.13. The van der Waals surface area contributed by atoms with Crippen LogP contribution in [0.15, 0.2) is 30.3 Å². The molecule has 0 saturated carbocycles. The topological polar surface area (TPSA) is 134 Å². The zero-order valence-corrected chi connectivity index (χ0v) is 14.8. The second-order valence-corrected chi connectivity index (χ2v) is 5.66. The van der Waals surface area contributed by atoms with Crippen LogP contribution in [0.25, 0.3) is 0 Å². The second-order valence-electron chi connectivity index (χ2n) is 5.66. The molecule has 142 valence electrons. The summed E-state index contributed by atoms with van der Waals surface area (Å²) in [4.78, 5) is 33.0. The highest BCUT2D eigenvalue weighted by molar-refractivity contribution is 5.93. The van der Waals surface area contributed by atoms with Gasteiger partial charge in [-0.25, -0.2) is 0 Å². The fourth-order valence-electron chi connectivity index (χ4n) is 2.34. The molecule has 2 rings (SSSR count). The van der Waals surface area contributed by atoms with E-state index in [1.54, 1.807) is 19.9 Å². The number of rotatable bonds is 7. The van der Waals surface area contributed by atoms with Crippen molar-refractivity contribution in [3.8, 4) is 11.5 Å². The van der Waals surface area contributed by atoms with Gasteiger partial charge in [0.05, 0.1) is 17.0 Å². The van der Waals surface area contributed by atoms with Crippen molar-refractivity contribution < 1.29 is 24.1 Å². The lowest BCUT2D eigenvalue weighted by Gasteiger charge is -2.11. The van der Waals surface area contributed by atoms with Crippen LogP contribution in [0.3, 0.4) is 0 Å². The summed E-state index contributed by atoms with van der Waals surface area (Å²) in [5, 5.41) is 24.6. The molecule has 0 aliphatic rings. The van der Waals surface area contributed by atoms with E-state index in [-0.39, 0.29) is 22.9 Å². The Labute approximate surface area is 154 Å². The van der Waals surface area contributed by atoms with Gasteiger partial charge in [0.15, 0.2) is 18.1 Å². The van der Waals surface area contributed by atoms with Crippen LogP contribution in [-0.2, 0) is 4.79 Å². The third-order valence-corrected chi connectivity index (χ3v) is 3.67. The van der Waals surface area contributed by atoms with E-state index in [4.69, 9.17) is 9.47 Å². The van der Waals surface area contributed by atoms with Gasteiger partial charge in [0.2, 0.25) is 0 Å². The number of anilines is 1. The van der Waals surface area contributed by atoms with E-state index in [0.717, 1.165) is 0 Å². The molecule has 10 heteroatoms. The summed E-state index contributed by atoms with van der Waals surface area (Å²) in [6.45, 7) is 2.82. The van der Waals surface area contributed by atoms with Crippen molar-refractivity contribution in [3.05, 3.63) is 61.7 Å². The SMILES string of the molecule is COc1cc(NC(=O)COc2ccc(C)cc2[N+](=O)[O-])c(C)cc1[N+](=O)[O-]. The van der Waals surface area contributed by atoms with Gasteiger partial charge >= 0.3 is 11.4 Å². The molecule has 0 aliphatic heterocycles. The molecule has 0 bridgehead atoms. The average Bonchev–Trinajstić information content (AvgIpc) is 2.61. The monoisotopic (exact) mass is 375 g/mol. The molecular formula is C17H17N3O7. The lowest BCUT2D eigenvalue weighted by Crippen LogP contribution is -2.21. The normalized spacial score (nSPS) is 10.2. The van der Waals surface area contributed by atoms with Crippen molar-refractivity contribution in [1.82, 2.24) is 0 Å². The molecule has 27 heavy (non-hydrogen) atoms. The van der Waals surface area contributed by atoms with Crippen molar-refractivity contribution in [1.29, 1.82) is 0 Å². The molecule has 1 amide bonds. The summed E-state index contributed by atoms with van der Waals surface area (Å²) in [5.41, 5.74) is 0.990. The number of carbonyl (C=O) groups excluding carboxylic acids is 1. The number of ether oxygens (including phenoxy) is 2. The number of hydrogen-bond acceptors (Lipinski definition) is 7. The van der Waals surface area contributed by atoms with Crippen LogP contribution in [-0.4, -0.2) is 29.5 Å². The van der Waals surface area contributed by atoms with Crippen molar-refractivity contribution in [2.75, 3.05) is 19.0 Å². The first-order chi connectivity index (χ1) is 12.7. The van der Waals surface area contributed by atoms with E-state index in [9.17, 15) is 25.0 Å². The van der Waals surface area contributed by atoms with Crippen LogP contribution in [0.4, 0.5) is 17.1 Å². The molecule has 0 aliphatic carbocycles. The van der Waals surface area contributed by atoms with Gasteiger partial charge in [0.25, 0.3) is 5.91 Å². The van der Waals surface area contributed by atoms with Crippen LogP contribution < -0.4 is 14.8 Å². The highest BCUT2D eigenvalue weighted by Crippen LogP contribution is 2.33. The van der Waals surface area contributed by atoms with Gasteiger partial charge in [0.1, 0.15) is 0 Å². The third kappa shape index (κ3) is 4.69. The van der Waals surface area contributed by atoms with Crippen LogP contribution in [0.1, 0.15) is 11.1 Å². The molecule has 0 fully saturated rings. The Morgan fingerprint density at radius 1 is 1.04 bits per heavy atom. The van der Waals surface area contributed by atoms with E-state index >= 15 is 0 Å². The quantitative estimate of drug-likeness (QED) is 0.580. The minimum atomic E-state index is -0.592. The fraction of sp³-hybridized carbons (Fsp3) is 0.235. The Morgan fingerprint density at radius 3 is 2.26 bits per heavy atom. The summed E-state index contributed by atoms with van der Waals surface area (Å²) in [5.74, 6) is -0.612. The number of nitrogens with zero attached hydrogens (tertiary/aromatic N) is 2. The molecule has 0 saturated heterocycles. The first-order valence-electron chi connectivity index (χ1n) is 7.73. The Bertz CT molecular complexity index is 912. The Balaban J connectivity index is 2.13. The predicted octanol–water partition coefficient (Wildman–Crippen LogP) is 3.15. The number of nitrogens with one attached hydrogen (secondary N) is 1. The van der Waals surface area contributed by atoms with Gasteiger partial charge in [0, 0.05) is 23.9 Å². The summed E-state index contributed by atoms with van der Waals surface area (Å²) >= 11 is 0. The first kappa shape index (κ1) is 19.6. The zero-order valence-electron chi connectivity index (χ0n) is 14.8. The Morgan fingerprint density at radius 2 is 1.67 bits per heavy atom. The smallest absolute Gasteiger partial charge is 0.311 e. The van der Waals surface area contributed by atoms with Crippen molar-refractivity contribution in [2.24, 2.45) is 0 Å². The number of hydrogen-bond donors (Lipinski definition) is 1. The van der Waals surface area contributed by atoms with E-state index in [2.05, 4.69) is 5.32 Å². The van der Waals surface area contributed by atoms with Crippen molar-refractivity contribution >= 4 is 23.0 Å². The molecule has 0 unspecified atom stereocenters. The molecule has 10 nitrogen and oxygen atoms in total. The Hall–Kier alpha value is -3.69. The first-order valence-corrected chi connectivity index (χ1v) is 7.73. The highest BCUT2D eigenvalue weighted by atomic mass is 16.6. The van der Waals surface area contributed by atoms with Crippen LogP contribution in [0, 0.1) is 34.1 Å². The highest BCUT2D eigenvalue weighted by Gasteiger charge is 2.19. The zero-order chi connectivity index (χ0) is 20.1. The standard InChI is InChI=1S/C17H17N3O7/c1-10-4-5-15(13(6-10)19(22)23)27-9-17(21)18-12-8-16(26-3)14(20(24)25)7-11(12)2/h4-8H,9H2,1-3H3,(H,18,21). The summed E-state index contributed by atoms with van der Waals surface area (Å²) in [6.07, 6.45) is 0. The van der Waals surface area contributed by atoms with E-state index in [1.165, 1.54) is 31.4 Å². The van der Waals surface area contributed by atoms with Crippen LogP contribution in [0.5, 0.6) is 11.5 Å². The summed E-state index contributed by atoms with van der Waals surface area (Å²) < 4.78 is 10.2. The minimum Gasteiger partial charge on any atom is -0.490 e. The van der Waals surface area contributed by atoms with Gasteiger partial charge in [-0.15, -0.1) is 0 Å². The number of nitro benzene ring substituents is 2. The molecule has 0 spiro atoms. The van der Waals surface area contributed by atoms with Gasteiger partial charge in [-0.1, -0.05) is 6.07 Å². The number of nitro groups is 2. The van der Waals surface area contributed by atoms with Crippen LogP contribution in [0.2, 0.25) is 0 Å². The molecule has 0 radical (unpaired) electrons. The van der Waals surface area contributed by atoms with Gasteiger partial charge in [-0.05, 0) is 31.0 Å². The van der Waals surface area contributed by atoms with E-state index in [1.807, 2.05) is 0 Å². The predicted molar refractivity (Wildman–Crippen MR) is 96.3 cm³/mol. The van der Waals surface area contributed by atoms with Crippen molar-refractivity contribution in [3.63, 3.8) is 0 Å². The van der Waals surface area contributed by atoms with Crippen molar-refractivity contribution in [2.45, 2.75) is 13.8 Å². The fourth-order valence-corrected chi connectivity index (χ4v) is 2.34. The number of carbonyl (C=O) groups is 1.